The number of carbonyl (C=O) groups excluding carboxylic acids is 1. The fourth-order valence-corrected chi connectivity index (χ4v) is 1.64. The minimum Gasteiger partial charge on any atom is -0.268 e. The molecule has 1 rings (SSSR count). The molecule has 6 heteroatoms. The lowest BCUT2D eigenvalue weighted by Gasteiger charge is -2.01. The van der Waals surface area contributed by atoms with Crippen molar-refractivity contribution in [3.8, 4) is 0 Å². The summed E-state index contributed by atoms with van der Waals surface area (Å²) < 4.78 is 24.4. The Morgan fingerprint density at radius 2 is 1.79 bits per heavy atom. The number of carbonyl (C=O) groups is 1. The third kappa shape index (κ3) is 3.62. The van der Waals surface area contributed by atoms with Crippen LogP contribution >= 0.6 is 22.6 Å². The van der Waals surface area contributed by atoms with Crippen molar-refractivity contribution in [2.24, 2.45) is 0 Å². The Morgan fingerprint density at radius 3 is 2.21 bits per heavy atom. The zero-order chi connectivity index (χ0) is 10.8. The summed E-state index contributed by atoms with van der Waals surface area (Å²) >= 11 is 2.10. The van der Waals surface area contributed by atoms with Crippen molar-refractivity contribution in [3.63, 3.8) is 0 Å². The molecule has 4 nitrogen and oxygen atoms in total. The van der Waals surface area contributed by atoms with Crippen molar-refractivity contribution in [2.45, 2.75) is 0 Å². The molecule has 76 valence electrons. The van der Waals surface area contributed by atoms with Crippen LogP contribution in [0.2, 0.25) is 0 Å². The van der Waals surface area contributed by atoms with Crippen LogP contribution in [0.5, 0.6) is 0 Å². The molecule has 0 aliphatic heterocycles. The number of hydrogen-bond donors (Lipinski definition) is 1. The predicted octanol–water partition coefficient (Wildman–Crippen LogP) is 0.981. The summed E-state index contributed by atoms with van der Waals surface area (Å²) in [4.78, 5) is 11.3. The van der Waals surface area contributed by atoms with Crippen LogP contribution in [0.25, 0.3) is 0 Å². The highest BCUT2D eigenvalue weighted by Gasteiger charge is 2.09. The summed E-state index contributed by atoms with van der Waals surface area (Å²) in [5, 5.41) is 0. The Labute approximate surface area is 95.9 Å². The van der Waals surface area contributed by atoms with Crippen molar-refractivity contribution in [1.82, 2.24) is 4.72 Å². The van der Waals surface area contributed by atoms with Gasteiger partial charge in [-0.05, 0) is 46.9 Å². The van der Waals surface area contributed by atoms with Gasteiger partial charge in [0, 0.05) is 9.13 Å². The molecule has 0 fully saturated rings. The molecule has 0 aliphatic carbocycles. The minimum absolute atomic E-state index is 0.329. The number of nitrogens with one attached hydrogen (secondary N) is 1. The first-order chi connectivity index (χ1) is 6.38. The molecule has 1 aromatic carbocycles. The minimum atomic E-state index is -3.48. The fourth-order valence-electron chi connectivity index (χ4n) is 0.829. The largest absolute Gasteiger partial charge is 0.268 e. The average Bonchev–Trinajstić information content (AvgIpc) is 2.02. The van der Waals surface area contributed by atoms with Gasteiger partial charge in [0.05, 0.1) is 6.26 Å². The Bertz CT molecular complexity index is 438. The molecule has 1 N–H and O–H groups in total. The Hall–Kier alpha value is -0.630. The van der Waals surface area contributed by atoms with Gasteiger partial charge in [-0.2, -0.15) is 0 Å². The number of amides is 1. The van der Waals surface area contributed by atoms with Crippen molar-refractivity contribution in [2.75, 3.05) is 6.26 Å². The van der Waals surface area contributed by atoms with Crippen molar-refractivity contribution < 1.29 is 13.2 Å². The first kappa shape index (κ1) is 11.4. The van der Waals surface area contributed by atoms with Crippen LogP contribution < -0.4 is 4.72 Å². The Morgan fingerprint density at radius 1 is 1.29 bits per heavy atom. The van der Waals surface area contributed by atoms with Gasteiger partial charge in [0.2, 0.25) is 10.0 Å². The summed E-state index contributed by atoms with van der Waals surface area (Å²) in [5.74, 6) is -0.608. The summed E-state index contributed by atoms with van der Waals surface area (Å²) in [6.45, 7) is 0. The standard InChI is InChI=1S/C8H8INO3S/c1-14(12,13)10-8(11)6-2-4-7(9)5-3-6/h2-5H,1H3,(H,10,11). The van der Waals surface area contributed by atoms with E-state index in [4.69, 9.17) is 0 Å². The average molecular weight is 325 g/mol. The molecule has 1 aromatic rings. The molecule has 0 spiro atoms. The number of rotatable bonds is 2. The monoisotopic (exact) mass is 325 g/mol. The van der Waals surface area contributed by atoms with E-state index in [2.05, 4.69) is 22.6 Å². The second kappa shape index (κ2) is 4.26. The van der Waals surface area contributed by atoms with E-state index in [0.717, 1.165) is 9.83 Å². The topological polar surface area (TPSA) is 63.2 Å². The van der Waals surface area contributed by atoms with Crippen LogP contribution in [0.1, 0.15) is 10.4 Å². The van der Waals surface area contributed by atoms with Crippen LogP contribution in [0.15, 0.2) is 24.3 Å². The predicted molar refractivity (Wildman–Crippen MR) is 61.5 cm³/mol. The number of halogens is 1. The van der Waals surface area contributed by atoms with Crippen molar-refractivity contribution in [3.05, 3.63) is 33.4 Å². The van der Waals surface area contributed by atoms with Gasteiger partial charge in [0.25, 0.3) is 5.91 Å². The highest BCUT2D eigenvalue weighted by Crippen LogP contribution is 2.06. The lowest BCUT2D eigenvalue weighted by Crippen LogP contribution is -2.29. The normalized spacial score (nSPS) is 11.0. The van der Waals surface area contributed by atoms with Crippen LogP contribution in [0, 0.1) is 3.57 Å². The maximum absolute atomic E-state index is 11.3. The lowest BCUT2D eigenvalue weighted by atomic mass is 10.2. The lowest BCUT2D eigenvalue weighted by molar-refractivity contribution is 0.0981. The zero-order valence-electron chi connectivity index (χ0n) is 7.32. The van der Waals surface area contributed by atoms with Gasteiger partial charge in [-0.15, -0.1) is 0 Å². The van der Waals surface area contributed by atoms with Gasteiger partial charge in [-0.25, -0.2) is 13.1 Å². The SMILES string of the molecule is CS(=O)(=O)NC(=O)c1ccc(I)cc1. The van der Waals surface area contributed by atoms with Crippen LogP contribution in [-0.4, -0.2) is 20.6 Å². The number of sulfonamides is 1. The quantitative estimate of drug-likeness (QED) is 0.825. The van der Waals surface area contributed by atoms with E-state index in [1.807, 2.05) is 4.72 Å². The summed E-state index contributed by atoms with van der Waals surface area (Å²) in [6.07, 6.45) is 0.942. The molecular formula is C8H8INO3S. The molecule has 0 aliphatic rings. The smallest absolute Gasteiger partial charge is 0.264 e. The first-order valence-electron chi connectivity index (χ1n) is 3.66. The molecule has 0 radical (unpaired) electrons. The van der Waals surface area contributed by atoms with E-state index < -0.39 is 15.9 Å². The van der Waals surface area contributed by atoms with Gasteiger partial charge in [0.1, 0.15) is 0 Å². The Kier molecular flexibility index (Phi) is 3.48. The van der Waals surface area contributed by atoms with E-state index in [9.17, 15) is 13.2 Å². The first-order valence-corrected chi connectivity index (χ1v) is 6.63. The summed E-state index contributed by atoms with van der Waals surface area (Å²) in [7, 11) is -3.48. The zero-order valence-corrected chi connectivity index (χ0v) is 10.3. The van der Waals surface area contributed by atoms with E-state index in [1.54, 1.807) is 24.3 Å². The van der Waals surface area contributed by atoms with Crippen LogP contribution in [-0.2, 0) is 10.0 Å². The van der Waals surface area contributed by atoms with Crippen LogP contribution in [0.3, 0.4) is 0 Å². The van der Waals surface area contributed by atoms with E-state index >= 15 is 0 Å². The molecule has 0 atom stereocenters. The maximum Gasteiger partial charge on any atom is 0.264 e. The fraction of sp³-hybridized carbons (Fsp3) is 0.125. The number of hydrogen-bond acceptors (Lipinski definition) is 3. The molecular weight excluding hydrogens is 317 g/mol. The summed E-state index contributed by atoms with van der Waals surface area (Å²) in [5.41, 5.74) is 0.329. The van der Waals surface area contributed by atoms with Crippen molar-refractivity contribution >= 4 is 38.5 Å². The van der Waals surface area contributed by atoms with Gasteiger partial charge < -0.3 is 0 Å². The van der Waals surface area contributed by atoms with E-state index in [1.165, 1.54) is 0 Å². The highest BCUT2D eigenvalue weighted by molar-refractivity contribution is 14.1. The highest BCUT2D eigenvalue weighted by atomic mass is 127. The van der Waals surface area contributed by atoms with Crippen LogP contribution in [0.4, 0.5) is 0 Å². The molecule has 14 heavy (non-hydrogen) atoms. The van der Waals surface area contributed by atoms with E-state index in [-0.39, 0.29) is 0 Å². The second-order valence-electron chi connectivity index (χ2n) is 2.71. The van der Waals surface area contributed by atoms with Gasteiger partial charge in [0.15, 0.2) is 0 Å². The Balaban J connectivity index is 2.86. The number of benzene rings is 1. The maximum atomic E-state index is 11.3. The van der Waals surface area contributed by atoms with Gasteiger partial charge >= 0.3 is 0 Å². The molecule has 0 bridgehead atoms. The van der Waals surface area contributed by atoms with Gasteiger partial charge in [-0.3, -0.25) is 4.79 Å². The molecule has 0 saturated carbocycles. The molecule has 0 saturated heterocycles. The van der Waals surface area contributed by atoms with Gasteiger partial charge in [-0.1, -0.05) is 0 Å². The van der Waals surface area contributed by atoms with Crippen molar-refractivity contribution in [1.29, 1.82) is 0 Å². The molecule has 0 unspecified atom stereocenters. The third-order valence-corrected chi connectivity index (χ3v) is 2.66. The third-order valence-electron chi connectivity index (χ3n) is 1.38. The summed E-state index contributed by atoms with van der Waals surface area (Å²) in [6, 6.07) is 6.61. The molecule has 0 heterocycles. The van der Waals surface area contributed by atoms with E-state index in [0.29, 0.717) is 5.56 Å². The molecule has 1 amide bonds. The second-order valence-corrected chi connectivity index (χ2v) is 5.70. The molecule has 0 aromatic heterocycles.